The van der Waals surface area contributed by atoms with Gasteiger partial charge in [-0.15, -0.1) is 0 Å². The van der Waals surface area contributed by atoms with Gasteiger partial charge in [0.15, 0.2) is 0 Å². The summed E-state index contributed by atoms with van der Waals surface area (Å²) in [5.41, 5.74) is 0. The summed E-state index contributed by atoms with van der Waals surface area (Å²) < 4.78 is 0. The van der Waals surface area contributed by atoms with Crippen LogP contribution in [0, 0.1) is 0 Å². The second kappa shape index (κ2) is 17.5. The number of hydrogen-bond acceptors (Lipinski definition) is 0. The first-order chi connectivity index (χ1) is 5.20. The van der Waals surface area contributed by atoms with E-state index < -0.39 is 25.4 Å². The molecule has 0 unspecified atom stereocenters. The van der Waals surface area contributed by atoms with E-state index in [2.05, 4.69) is 0 Å². The van der Waals surface area contributed by atoms with Crippen LogP contribution >= 0.6 is 108 Å². The Morgan fingerprint density at radius 3 is 0.583 bits per heavy atom. The fourth-order valence-corrected chi connectivity index (χ4v) is 0. The van der Waals surface area contributed by atoms with Crippen molar-refractivity contribution in [2.24, 2.45) is 0 Å². The predicted molar refractivity (Wildman–Crippen MR) is 69.3 cm³/mol. The van der Waals surface area contributed by atoms with Crippen LogP contribution in [-0.2, 0) is 13.5 Å². The van der Waals surface area contributed by atoms with E-state index in [0.29, 0.717) is 0 Å². The number of halogens is 9. The minimum absolute atomic E-state index is 1.46. The molecule has 0 amide bonds. The standard InChI is InChI=1S/2Cl3P.3ClH.Ir/c2*1-4(2)3;;;;/h;;3*1H;/q;;;;;+3/p-1. The van der Waals surface area contributed by atoms with E-state index in [1.165, 1.54) is 0 Å². The summed E-state index contributed by atoms with van der Waals surface area (Å²) in [7, 11) is 14.9. The van der Waals surface area contributed by atoms with Gasteiger partial charge in [0, 0.05) is 0 Å². The maximum atomic E-state index is 4.97. The Hall–Kier alpha value is 4.12. The molecule has 0 aliphatic heterocycles. The van der Waals surface area contributed by atoms with Crippen molar-refractivity contribution >= 4 is 108 Å². The summed E-state index contributed by atoms with van der Waals surface area (Å²) in [5, 5.41) is 0. The van der Waals surface area contributed by atoms with E-state index in [1.807, 2.05) is 0 Å². The van der Waals surface area contributed by atoms with Crippen LogP contribution in [0.4, 0.5) is 0 Å². The quantitative estimate of drug-likeness (QED) is 0.265. The molecule has 0 nitrogen and oxygen atoms in total. The van der Waals surface area contributed by atoms with Crippen LogP contribution in [0.5, 0.6) is 0 Å². The molecular weight excluding hydrogens is 573 g/mol. The van der Waals surface area contributed by atoms with E-state index in [1.54, 1.807) is 0 Å². The molecule has 0 aromatic carbocycles. The van der Waals surface area contributed by atoms with Crippen molar-refractivity contribution in [1.82, 2.24) is 0 Å². The average molecular weight is 575 g/mol. The van der Waals surface area contributed by atoms with Gasteiger partial charge in [0.05, 0.1) is 0 Å². The number of hydrogen-bond donors (Lipinski definition) is 0. The van der Waals surface area contributed by atoms with Crippen molar-refractivity contribution in [3.8, 4) is 0 Å². The van der Waals surface area contributed by atoms with Crippen LogP contribution in [0.1, 0.15) is 0 Å². The maximum absolute atomic E-state index is 4.97. The fraction of sp³-hybridized carbons (Fsp3) is 0. The Kier molecular flexibility index (Phi) is 31.2. The van der Waals surface area contributed by atoms with Gasteiger partial charge in [0.2, 0.25) is 0 Å². The van der Waals surface area contributed by atoms with Crippen LogP contribution < -0.4 is 0 Å². The zero-order chi connectivity index (χ0) is 10.7. The molecule has 0 rings (SSSR count). The molecule has 0 bridgehead atoms. The molecule has 0 aromatic heterocycles. The van der Waals surface area contributed by atoms with Crippen molar-refractivity contribution in [2.45, 2.75) is 0 Å². The summed E-state index contributed by atoms with van der Waals surface area (Å²) in [6.07, 6.45) is 0. The third-order valence-electron chi connectivity index (χ3n) is 0. The van der Waals surface area contributed by atoms with E-state index >= 15 is 0 Å². The van der Waals surface area contributed by atoms with E-state index in [4.69, 9.17) is 96.2 Å². The average Bonchev–Trinajstić information content (AvgIpc) is 1.54. The zero-order valence-electron chi connectivity index (χ0n) is 4.74. The molecular formula is H2Cl9IrP2+2. The van der Waals surface area contributed by atoms with Gasteiger partial charge in [-0.3, -0.25) is 0 Å². The molecule has 12 heavy (non-hydrogen) atoms. The predicted octanol–water partition coefficient (Wildman–Crippen LogP) is 7.39. The van der Waals surface area contributed by atoms with Gasteiger partial charge in [0.1, 0.15) is 67.4 Å². The van der Waals surface area contributed by atoms with Gasteiger partial charge < -0.3 is 0 Å². The minimum atomic E-state index is -1.92. The van der Waals surface area contributed by atoms with Gasteiger partial charge in [-0.2, -0.15) is 0 Å². The molecule has 12 heteroatoms. The SMILES string of the molecule is Cl[PH+](Cl)Cl.Cl[PH+](Cl)Cl.[Cl][Ir]([Cl])[Cl]. The Labute approximate surface area is 120 Å². The van der Waals surface area contributed by atoms with Gasteiger partial charge in [-0.25, -0.2) is 0 Å². The van der Waals surface area contributed by atoms with Crippen LogP contribution in [0.25, 0.3) is 0 Å². The van der Waals surface area contributed by atoms with Crippen molar-refractivity contribution in [3.63, 3.8) is 0 Å². The van der Waals surface area contributed by atoms with Gasteiger partial charge in [-0.05, 0) is 0 Å². The van der Waals surface area contributed by atoms with Gasteiger partial charge in [-0.1, -0.05) is 0 Å². The van der Waals surface area contributed by atoms with Crippen LogP contribution in [-0.4, -0.2) is 0 Å². The molecule has 82 valence electrons. The monoisotopic (exact) mass is 572 g/mol. The molecule has 0 N–H and O–H groups in total. The van der Waals surface area contributed by atoms with Crippen LogP contribution in [0.3, 0.4) is 0 Å². The first-order valence-electron chi connectivity index (χ1n) is 1.51. The summed E-state index contributed by atoms with van der Waals surface area (Å²) in [6.45, 7) is 0. The van der Waals surface area contributed by atoms with Gasteiger partial charge >= 0.3 is 42.2 Å². The van der Waals surface area contributed by atoms with E-state index in [9.17, 15) is 0 Å². The molecule has 0 aliphatic carbocycles. The second-order valence-electron chi connectivity index (χ2n) is 0.571. The molecule has 0 aromatic rings. The molecule has 0 saturated carbocycles. The van der Waals surface area contributed by atoms with Crippen molar-refractivity contribution in [3.05, 3.63) is 0 Å². The topological polar surface area (TPSA) is 0 Å². The molecule has 0 spiro atoms. The molecule has 0 fully saturated rings. The summed E-state index contributed by atoms with van der Waals surface area (Å²) in [5.74, 6) is -2.93. The third-order valence-corrected chi connectivity index (χ3v) is 0. The Bertz CT molecular complexity index is 41.0. The fourth-order valence-electron chi connectivity index (χ4n) is 0. The molecule has 0 aliphatic rings. The Morgan fingerprint density at radius 2 is 0.583 bits per heavy atom. The van der Waals surface area contributed by atoms with Gasteiger partial charge in [0.25, 0.3) is 12.0 Å². The van der Waals surface area contributed by atoms with Crippen LogP contribution in [0.2, 0.25) is 0 Å². The first kappa shape index (κ1) is 21.4. The number of rotatable bonds is 0. The Balaban J connectivity index is -0.000000101. The summed E-state index contributed by atoms with van der Waals surface area (Å²) in [6, 6.07) is 0. The molecule has 0 saturated heterocycles. The van der Waals surface area contributed by atoms with Crippen LogP contribution in [0.15, 0.2) is 0 Å². The van der Waals surface area contributed by atoms with Crippen molar-refractivity contribution in [2.75, 3.05) is 0 Å². The summed E-state index contributed by atoms with van der Waals surface area (Å²) >= 11 is 27.5. The summed E-state index contributed by atoms with van der Waals surface area (Å²) in [4.78, 5) is 0. The van der Waals surface area contributed by atoms with Crippen molar-refractivity contribution in [1.29, 1.82) is 0 Å². The zero-order valence-corrected chi connectivity index (χ0v) is 15.9. The van der Waals surface area contributed by atoms with Crippen molar-refractivity contribution < 1.29 is 13.5 Å². The molecule has 0 heterocycles. The Morgan fingerprint density at radius 1 is 0.583 bits per heavy atom. The second-order valence-corrected chi connectivity index (χ2v) is 22.1. The molecule has 0 atom stereocenters. The van der Waals surface area contributed by atoms with E-state index in [-0.39, 0.29) is 0 Å². The molecule has 0 radical (unpaired) electrons. The first-order valence-corrected chi connectivity index (χ1v) is 19.5. The third kappa shape index (κ3) is 143. The normalized spacial score (nSPS) is 9.75. The van der Waals surface area contributed by atoms with E-state index in [0.717, 1.165) is 0 Å².